The second-order valence-corrected chi connectivity index (χ2v) is 7.64. The van der Waals surface area contributed by atoms with Crippen LogP contribution in [-0.4, -0.2) is 32.3 Å². The molecule has 10 heteroatoms. The van der Waals surface area contributed by atoms with E-state index in [4.69, 9.17) is 0 Å². The van der Waals surface area contributed by atoms with Gasteiger partial charge in [0.25, 0.3) is 5.91 Å². The van der Waals surface area contributed by atoms with Crippen molar-refractivity contribution in [1.29, 1.82) is 5.26 Å². The van der Waals surface area contributed by atoms with Gasteiger partial charge in [0.2, 0.25) is 0 Å². The molecule has 0 spiro atoms. The fourth-order valence-corrected chi connectivity index (χ4v) is 3.39. The van der Waals surface area contributed by atoms with E-state index >= 15 is 0 Å². The number of nitriles is 1. The number of ether oxygens (including phenoxy) is 1. The summed E-state index contributed by atoms with van der Waals surface area (Å²) in [7, 11) is 0. The number of nitrogens with zero attached hydrogens (tertiary/aromatic N) is 6. The van der Waals surface area contributed by atoms with E-state index in [0.29, 0.717) is 33.8 Å². The van der Waals surface area contributed by atoms with Crippen molar-refractivity contribution in [1.82, 2.24) is 19.7 Å². The SMILES string of the molecule is Cc1cc(-c2cncc(OC(F)F)c2)nc2c1C(=O)N(c1cnn(C(C)(C)C#N)c1)C2. The first kappa shape index (κ1) is 20.4. The first-order valence-electron chi connectivity index (χ1n) is 9.38. The van der Waals surface area contributed by atoms with Crippen molar-refractivity contribution in [3.63, 3.8) is 0 Å². The molecule has 0 N–H and O–H groups in total. The molecular weight excluding hydrogens is 406 g/mol. The van der Waals surface area contributed by atoms with Gasteiger partial charge < -0.3 is 4.74 Å². The average molecular weight is 424 g/mol. The van der Waals surface area contributed by atoms with Crippen molar-refractivity contribution in [2.45, 2.75) is 39.5 Å². The molecule has 0 saturated heterocycles. The molecule has 8 nitrogen and oxygen atoms in total. The lowest BCUT2D eigenvalue weighted by atomic mass is 10.1. The van der Waals surface area contributed by atoms with E-state index < -0.39 is 12.2 Å². The van der Waals surface area contributed by atoms with E-state index in [1.165, 1.54) is 29.3 Å². The maximum Gasteiger partial charge on any atom is 0.387 e. The largest absolute Gasteiger partial charge is 0.433 e. The van der Waals surface area contributed by atoms with E-state index in [-0.39, 0.29) is 18.2 Å². The predicted molar refractivity (Wildman–Crippen MR) is 107 cm³/mol. The number of halogens is 2. The Morgan fingerprint density at radius 2 is 2.03 bits per heavy atom. The summed E-state index contributed by atoms with van der Waals surface area (Å²) in [6.07, 6.45) is 5.88. The number of alkyl halides is 2. The fraction of sp³-hybridized carbons (Fsp3) is 0.286. The van der Waals surface area contributed by atoms with Crippen LogP contribution in [0.15, 0.2) is 36.9 Å². The van der Waals surface area contributed by atoms with Gasteiger partial charge in [0, 0.05) is 11.8 Å². The quantitative estimate of drug-likeness (QED) is 0.620. The zero-order chi connectivity index (χ0) is 22.3. The number of anilines is 1. The first-order valence-corrected chi connectivity index (χ1v) is 9.38. The predicted octanol–water partition coefficient (Wildman–Crippen LogP) is 3.67. The van der Waals surface area contributed by atoms with Crippen LogP contribution in [-0.2, 0) is 12.1 Å². The van der Waals surface area contributed by atoms with Crippen LogP contribution in [0.4, 0.5) is 14.5 Å². The first-order chi connectivity index (χ1) is 14.7. The summed E-state index contributed by atoms with van der Waals surface area (Å²) in [6.45, 7) is 2.51. The Balaban J connectivity index is 1.67. The van der Waals surface area contributed by atoms with Crippen molar-refractivity contribution in [3.05, 3.63) is 53.7 Å². The highest BCUT2D eigenvalue weighted by molar-refractivity contribution is 6.10. The minimum absolute atomic E-state index is 0.0716. The third kappa shape index (κ3) is 3.70. The molecular formula is C21H18F2N6O2. The third-order valence-electron chi connectivity index (χ3n) is 5.02. The van der Waals surface area contributed by atoms with Gasteiger partial charge in [0.1, 0.15) is 11.3 Å². The van der Waals surface area contributed by atoms with Crippen LogP contribution in [0.3, 0.4) is 0 Å². The van der Waals surface area contributed by atoms with Gasteiger partial charge in [0.15, 0.2) is 0 Å². The summed E-state index contributed by atoms with van der Waals surface area (Å²) in [5.41, 5.74) is 2.46. The normalized spacial score (nSPS) is 13.5. The summed E-state index contributed by atoms with van der Waals surface area (Å²) in [5, 5.41) is 13.5. The number of carbonyl (C=O) groups is 1. The van der Waals surface area contributed by atoms with Crippen molar-refractivity contribution in [2.24, 2.45) is 0 Å². The monoisotopic (exact) mass is 424 g/mol. The summed E-state index contributed by atoms with van der Waals surface area (Å²) in [5.74, 6) is -0.286. The zero-order valence-corrected chi connectivity index (χ0v) is 17.0. The molecule has 3 aromatic heterocycles. The van der Waals surface area contributed by atoms with Crippen LogP contribution in [0.2, 0.25) is 0 Å². The van der Waals surface area contributed by atoms with Crippen molar-refractivity contribution in [3.8, 4) is 23.1 Å². The number of hydrogen-bond donors (Lipinski definition) is 0. The number of amides is 1. The van der Waals surface area contributed by atoms with Gasteiger partial charge in [-0.25, -0.2) is 0 Å². The number of rotatable bonds is 5. The van der Waals surface area contributed by atoms with Crippen LogP contribution >= 0.6 is 0 Å². The molecule has 0 aliphatic carbocycles. The lowest BCUT2D eigenvalue weighted by Gasteiger charge is -2.16. The zero-order valence-electron chi connectivity index (χ0n) is 17.0. The molecule has 4 rings (SSSR count). The Hall–Kier alpha value is -3.87. The van der Waals surface area contributed by atoms with Gasteiger partial charge in [0.05, 0.1) is 53.8 Å². The Morgan fingerprint density at radius 3 is 2.74 bits per heavy atom. The standard InChI is InChI=1S/C21H18F2N6O2/c1-12-4-16(13-5-15(8-25-6-13)31-20(22)23)27-17-10-28(19(30)18(12)17)14-7-26-29(9-14)21(2,3)11-24/h4-9,20H,10H2,1-3H3. The van der Waals surface area contributed by atoms with Gasteiger partial charge in [-0.3, -0.25) is 24.3 Å². The Bertz CT molecular complexity index is 1210. The molecule has 0 atom stereocenters. The molecule has 0 aromatic carbocycles. The minimum Gasteiger partial charge on any atom is -0.433 e. The second-order valence-electron chi connectivity index (χ2n) is 7.64. The summed E-state index contributed by atoms with van der Waals surface area (Å²) >= 11 is 0. The van der Waals surface area contributed by atoms with Crippen LogP contribution in [0.1, 0.15) is 35.5 Å². The molecule has 1 aliphatic heterocycles. The van der Waals surface area contributed by atoms with Gasteiger partial charge in [-0.15, -0.1) is 0 Å². The van der Waals surface area contributed by atoms with Crippen LogP contribution in [0.25, 0.3) is 11.3 Å². The Labute approximate surface area is 176 Å². The average Bonchev–Trinajstić information content (AvgIpc) is 3.33. The lowest BCUT2D eigenvalue weighted by molar-refractivity contribution is -0.0500. The topological polar surface area (TPSA) is 96.9 Å². The van der Waals surface area contributed by atoms with E-state index in [0.717, 1.165) is 0 Å². The smallest absolute Gasteiger partial charge is 0.387 e. The van der Waals surface area contributed by atoms with Gasteiger partial charge >= 0.3 is 6.61 Å². The maximum absolute atomic E-state index is 13.0. The molecule has 0 fully saturated rings. The van der Waals surface area contributed by atoms with E-state index in [1.807, 2.05) is 0 Å². The summed E-state index contributed by atoms with van der Waals surface area (Å²) < 4.78 is 30.9. The van der Waals surface area contributed by atoms with Crippen molar-refractivity contribution < 1.29 is 18.3 Å². The second kappa shape index (κ2) is 7.43. The fourth-order valence-electron chi connectivity index (χ4n) is 3.39. The Morgan fingerprint density at radius 1 is 1.26 bits per heavy atom. The van der Waals surface area contributed by atoms with E-state index in [1.54, 1.807) is 37.9 Å². The molecule has 1 aliphatic rings. The van der Waals surface area contributed by atoms with E-state index in [2.05, 4.69) is 25.9 Å². The van der Waals surface area contributed by atoms with Crippen LogP contribution in [0, 0.1) is 18.3 Å². The molecule has 4 heterocycles. The number of carbonyl (C=O) groups excluding carboxylic acids is 1. The van der Waals surface area contributed by atoms with Crippen molar-refractivity contribution in [2.75, 3.05) is 4.90 Å². The molecule has 3 aromatic rings. The summed E-state index contributed by atoms with van der Waals surface area (Å²) in [4.78, 5) is 23.1. The van der Waals surface area contributed by atoms with Crippen molar-refractivity contribution >= 4 is 11.6 Å². The number of hydrogen-bond acceptors (Lipinski definition) is 6. The van der Waals surface area contributed by atoms with Gasteiger partial charge in [-0.1, -0.05) is 0 Å². The number of fused-ring (bicyclic) bond motifs is 1. The highest BCUT2D eigenvalue weighted by Gasteiger charge is 2.33. The molecule has 0 unspecified atom stereocenters. The van der Waals surface area contributed by atoms with Crippen LogP contribution in [0.5, 0.6) is 5.75 Å². The van der Waals surface area contributed by atoms with Crippen LogP contribution < -0.4 is 9.64 Å². The lowest BCUT2D eigenvalue weighted by Crippen LogP contribution is -2.25. The number of aromatic nitrogens is 4. The highest BCUT2D eigenvalue weighted by atomic mass is 19.3. The molecule has 158 valence electrons. The third-order valence-corrected chi connectivity index (χ3v) is 5.02. The summed E-state index contributed by atoms with van der Waals surface area (Å²) in [6, 6.07) is 5.30. The Kier molecular flexibility index (Phi) is 4.89. The minimum atomic E-state index is -2.95. The highest BCUT2D eigenvalue weighted by Crippen LogP contribution is 2.33. The number of aryl methyl sites for hydroxylation is 1. The van der Waals surface area contributed by atoms with E-state index in [9.17, 15) is 18.8 Å². The molecule has 0 radical (unpaired) electrons. The molecule has 0 saturated carbocycles. The maximum atomic E-state index is 13.0. The molecule has 1 amide bonds. The molecule has 0 bridgehead atoms. The molecule has 31 heavy (non-hydrogen) atoms. The van der Waals surface area contributed by atoms with Gasteiger partial charge in [-0.05, 0) is 38.5 Å². The number of pyridine rings is 2. The van der Waals surface area contributed by atoms with Gasteiger partial charge in [-0.2, -0.15) is 19.1 Å².